The molecule has 1 aromatic rings. The largest absolute Gasteiger partial charge is 0.497 e. The number of amides is 1. The van der Waals surface area contributed by atoms with E-state index in [-0.39, 0.29) is 25.0 Å². The maximum absolute atomic E-state index is 12.1. The molecule has 1 atom stereocenters. The van der Waals surface area contributed by atoms with Gasteiger partial charge in [-0.05, 0) is 25.0 Å². The number of ether oxygens (including phenoxy) is 2. The molecule has 0 bridgehead atoms. The molecule has 1 amide bonds. The van der Waals surface area contributed by atoms with E-state index in [0.29, 0.717) is 18.0 Å². The van der Waals surface area contributed by atoms with Crippen molar-refractivity contribution in [2.75, 3.05) is 20.3 Å². The maximum Gasteiger partial charge on any atom is 0.305 e. The Labute approximate surface area is 123 Å². The predicted octanol–water partition coefficient (Wildman–Crippen LogP) is 1.54. The second-order valence-electron chi connectivity index (χ2n) is 4.95. The van der Waals surface area contributed by atoms with E-state index in [4.69, 9.17) is 14.6 Å². The summed E-state index contributed by atoms with van der Waals surface area (Å²) in [6.45, 7) is 0.502. The Balaban J connectivity index is 1.90. The number of hydrogen-bond donors (Lipinski definition) is 1. The second-order valence-corrected chi connectivity index (χ2v) is 4.95. The first-order valence-electron chi connectivity index (χ1n) is 6.88. The van der Waals surface area contributed by atoms with Gasteiger partial charge in [0.2, 0.25) is 0 Å². The summed E-state index contributed by atoms with van der Waals surface area (Å²) < 4.78 is 10.5. The van der Waals surface area contributed by atoms with Gasteiger partial charge in [-0.15, -0.1) is 0 Å². The topological polar surface area (TPSA) is 76.1 Å². The summed E-state index contributed by atoms with van der Waals surface area (Å²) in [6, 6.07) is 6.80. The average Bonchev–Trinajstić information content (AvgIpc) is 2.92. The Kier molecular flexibility index (Phi) is 5.03. The third kappa shape index (κ3) is 4.11. The summed E-state index contributed by atoms with van der Waals surface area (Å²) in [7, 11) is 1.56. The third-order valence-electron chi connectivity index (χ3n) is 3.51. The number of methoxy groups -OCH3 is 1. The summed E-state index contributed by atoms with van der Waals surface area (Å²) in [5.41, 5.74) is 0. The number of carboxylic acid groups (broad SMARTS) is 1. The van der Waals surface area contributed by atoms with E-state index in [1.165, 1.54) is 0 Å². The van der Waals surface area contributed by atoms with E-state index >= 15 is 0 Å². The molecule has 21 heavy (non-hydrogen) atoms. The first kappa shape index (κ1) is 15.2. The summed E-state index contributed by atoms with van der Waals surface area (Å²) in [6.07, 6.45) is 1.56. The number of aliphatic carboxylic acids is 1. The molecule has 0 spiro atoms. The molecule has 1 N–H and O–H groups in total. The van der Waals surface area contributed by atoms with Crippen molar-refractivity contribution in [3.05, 3.63) is 24.3 Å². The lowest BCUT2D eigenvalue weighted by Gasteiger charge is -2.23. The molecule has 1 fully saturated rings. The number of nitrogens with zero attached hydrogens (tertiary/aromatic N) is 1. The van der Waals surface area contributed by atoms with E-state index in [1.54, 1.807) is 36.3 Å². The number of carbonyl (C=O) groups excluding carboxylic acids is 1. The highest BCUT2D eigenvalue weighted by Gasteiger charge is 2.30. The van der Waals surface area contributed by atoms with Crippen molar-refractivity contribution >= 4 is 11.9 Å². The van der Waals surface area contributed by atoms with Gasteiger partial charge in [0, 0.05) is 18.7 Å². The Morgan fingerprint density at radius 2 is 2.14 bits per heavy atom. The monoisotopic (exact) mass is 293 g/mol. The maximum atomic E-state index is 12.1. The molecule has 1 unspecified atom stereocenters. The first-order valence-corrected chi connectivity index (χ1v) is 6.88. The molecule has 6 heteroatoms. The van der Waals surface area contributed by atoms with E-state index in [2.05, 4.69) is 0 Å². The van der Waals surface area contributed by atoms with Crippen LogP contribution in [-0.4, -0.2) is 48.2 Å². The van der Waals surface area contributed by atoms with Gasteiger partial charge in [0.25, 0.3) is 5.91 Å². The molecule has 1 aliphatic heterocycles. The zero-order valence-electron chi connectivity index (χ0n) is 11.9. The van der Waals surface area contributed by atoms with Crippen molar-refractivity contribution in [3.63, 3.8) is 0 Å². The Morgan fingerprint density at radius 3 is 2.86 bits per heavy atom. The molecule has 1 aliphatic rings. The lowest BCUT2D eigenvalue weighted by atomic mass is 10.1. The fourth-order valence-electron chi connectivity index (χ4n) is 2.50. The number of carboxylic acids is 1. The minimum absolute atomic E-state index is 0.00903. The van der Waals surface area contributed by atoms with E-state index in [9.17, 15) is 9.59 Å². The van der Waals surface area contributed by atoms with Crippen LogP contribution in [0.2, 0.25) is 0 Å². The zero-order valence-corrected chi connectivity index (χ0v) is 11.9. The average molecular weight is 293 g/mol. The van der Waals surface area contributed by atoms with Crippen molar-refractivity contribution in [2.45, 2.75) is 25.3 Å². The predicted molar refractivity (Wildman–Crippen MR) is 75.5 cm³/mol. The molecular formula is C15H19NO5. The fraction of sp³-hybridized carbons (Fsp3) is 0.467. The van der Waals surface area contributed by atoms with E-state index < -0.39 is 5.97 Å². The van der Waals surface area contributed by atoms with Crippen molar-refractivity contribution in [1.82, 2.24) is 4.90 Å². The van der Waals surface area contributed by atoms with Gasteiger partial charge >= 0.3 is 5.97 Å². The van der Waals surface area contributed by atoms with Crippen LogP contribution in [0.25, 0.3) is 0 Å². The summed E-state index contributed by atoms with van der Waals surface area (Å²) >= 11 is 0. The van der Waals surface area contributed by atoms with Gasteiger partial charge in [0.15, 0.2) is 6.61 Å². The highest BCUT2D eigenvalue weighted by Crippen LogP contribution is 2.22. The van der Waals surface area contributed by atoms with Gasteiger partial charge in [0.1, 0.15) is 11.5 Å². The normalized spacial score (nSPS) is 17.6. The molecule has 1 saturated heterocycles. The minimum atomic E-state index is -0.881. The molecule has 1 heterocycles. The molecule has 0 radical (unpaired) electrons. The van der Waals surface area contributed by atoms with Crippen LogP contribution in [0.1, 0.15) is 19.3 Å². The molecule has 1 aromatic carbocycles. The number of carbonyl (C=O) groups is 2. The van der Waals surface area contributed by atoms with Crippen LogP contribution in [-0.2, 0) is 9.59 Å². The minimum Gasteiger partial charge on any atom is -0.497 e. The van der Waals surface area contributed by atoms with Crippen LogP contribution in [0.5, 0.6) is 11.5 Å². The molecule has 0 saturated carbocycles. The van der Waals surface area contributed by atoms with E-state index in [1.807, 2.05) is 0 Å². The zero-order chi connectivity index (χ0) is 15.2. The summed E-state index contributed by atoms with van der Waals surface area (Å²) in [5, 5.41) is 8.86. The van der Waals surface area contributed by atoms with Crippen molar-refractivity contribution in [1.29, 1.82) is 0 Å². The Hall–Kier alpha value is -2.24. The van der Waals surface area contributed by atoms with Crippen molar-refractivity contribution in [2.24, 2.45) is 0 Å². The van der Waals surface area contributed by atoms with Crippen LogP contribution in [0.4, 0.5) is 0 Å². The Bertz CT molecular complexity index is 517. The van der Waals surface area contributed by atoms with Gasteiger partial charge in [-0.3, -0.25) is 9.59 Å². The molecule has 0 aromatic heterocycles. The van der Waals surface area contributed by atoms with Crippen molar-refractivity contribution < 1.29 is 24.2 Å². The standard InChI is InChI=1S/C15H19NO5/c1-20-12-5-2-6-13(9-12)21-10-14(17)16-7-3-4-11(16)8-15(18)19/h2,5-6,9,11H,3-4,7-8,10H2,1H3,(H,18,19). The highest BCUT2D eigenvalue weighted by molar-refractivity contribution is 5.79. The number of hydrogen-bond acceptors (Lipinski definition) is 4. The lowest BCUT2D eigenvalue weighted by molar-refractivity contribution is -0.140. The van der Waals surface area contributed by atoms with Crippen molar-refractivity contribution in [3.8, 4) is 11.5 Å². The highest BCUT2D eigenvalue weighted by atomic mass is 16.5. The quantitative estimate of drug-likeness (QED) is 0.861. The van der Waals surface area contributed by atoms with Gasteiger partial charge < -0.3 is 19.5 Å². The molecule has 114 valence electrons. The van der Waals surface area contributed by atoms with E-state index in [0.717, 1.165) is 12.8 Å². The second kappa shape index (κ2) is 6.97. The van der Waals surface area contributed by atoms with Gasteiger partial charge in [-0.25, -0.2) is 0 Å². The summed E-state index contributed by atoms with van der Waals surface area (Å²) in [4.78, 5) is 24.5. The van der Waals surface area contributed by atoms with Crippen LogP contribution in [0.15, 0.2) is 24.3 Å². The smallest absolute Gasteiger partial charge is 0.305 e. The molecular weight excluding hydrogens is 274 g/mol. The fourth-order valence-corrected chi connectivity index (χ4v) is 2.50. The number of rotatable bonds is 6. The lowest BCUT2D eigenvalue weighted by Crippen LogP contribution is -2.39. The number of likely N-dealkylation sites (tertiary alicyclic amines) is 1. The third-order valence-corrected chi connectivity index (χ3v) is 3.51. The Morgan fingerprint density at radius 1 is 1.38 bits per heavy atom. The molecule has 0 aliphatic carbocycles. The van der Waals surface area contributed by atoms with Gasteiger partial charge in [-0.1, -0.05) is 6.07 Å². The number of benzene rings is 1. The summed E-state index contributed by atoms with van der Waals surface area (Å²) in [5.74, 6) is 0.150. The van der Waals surface area contributed by atoms with Crippen LogP contribution >= 0.6 is 0 Å². The molecule has 6 nitrogen and oxygen atoms in total. The SMILES string of the molecule is COc1cccc(OCC(=O)N2CCCC2CC(=O)O)c1. The van der Waals surface area contributed by atoms with Crippen LogP contribution in [0, 0.1) is 0 Å². The van der Waals surface area contributed by atoms with Crippen LogP contribution < -0.4 is 9.47 Å². The van der Waals surface area contributed by atoms with Crippen LogP contribution in [0.3, 0.4) is 0 Å². The molecule has 2 rings (SSSR count). The first-order chi connectivity index (χ1) is 10.1. The van der Waals surface area contributed by atoms with Gasteiger partial charge in [-0.2, -0.15) is 0 Å². The van der Waals surface area contributed by atoms with Gasteiger partial charge in [0.05, 0.1) is 13.5 Å².